The minimum Gasteiger partial charge on any atom is -0.452 e. The fourth-order valence-corrected chi connectivity index (χ4v) is 3.07. The molecular weight excluding hydrogens is 396 g/mol. The Balaban J connectivity index is 1.59. The molecule has 0 saturated heterocycles. The molecule has 0 radical (unpaired) electrons. The van der Waals surface area contributed by atoms with E-state index in [9.17, 15) is 9.59 Å². The third-order valence-electron chi connectivity index (χ3n) is 4.16. The van der Waals surface area contributed by atoms with Gasteiger partial charge in [-0.2, -0.15) is 0 Å². The maximum atomic E-state index is 12.3. The number of para-hydroxylation sites is 1. The van der Waals surface area contributed by atoms with E-state index < -0.39 is 5.97 Å². The van der Waals surface area contributed by atoms with E-state index in [1.54, 1.807) is 6.20 Å². The number of rotatable bonds is 6. The second kappa shape index (κ2) is 8.19. The van der Waals surface area contributed by atoms with E-state index in [-0.39, 0.29) is 18.6 Å². The van der Waals surface area contributed by atoms with Crippen molar-refractivity contribution in [1.29, 1.82) is 0 Å². The minimum atomic E-state index is -0.519. The molecule has 6 heteroatoms. The fraction of sp³-hybridized carbons (Fsp3) is 0.200. The molecular formula is C20H19BrN2O3. The maximum Gasteiger partial charge on any atom is 0.340 e. The summed E-state index contributed by atoms with van der Waals surface area (Å²) >= 11 is 3.40. The summed E-state index contributed by atoms with van der Waals surface area (Å²) < 4.78 is 6.16. The van der Waals surface area contributed by atoms with Gasteiger partial charge in [-0.3, -0.25) is 4.79 Å². The van der Waals surface area contributed by atoms with Crippen molar-refractivity contribution < 1.29 is 14.3 Å². The van der Waals surface area contributed by atoms with Crippen LogP contribution >= 0.6 is 15.9 Å². The minimum absolute atomic E-state index is 0.123. The molecule has 2 N–H and O–H groups in total. The van der Waals surface area contributed by atoms with Crippen molar-refractivity contribution in [3.63, 3.8) is 0 Å². The molecule has 3 aromatic rings. The lowest BCUT2D eigenvalue weighted by atomic mass is 10.0. The summed E-state index contributed by atoms with van der Waals surface area (Å²) in [5, 5.41) is 3.68. The van der Waals surface area contributed by atoms with Crippen LogP contribution in [0.15, 0.2) is 59.2 Å². The van der Waals surface area contributed by atoms with Crippen molar-refractivity contribution in [2.24, 2.45) is 0 Å². The highest BCUT2D eigenvalue weighted by Gasteiger charge is 2.17. The highest BCUT2D eigenvalue weighted by atomic mass is 79.9. The number of nitrogens with one attached hydrogen (secondary N) is 2. The van der Waals surface area contributed by atoms with Crippen molar-refractivity contribution in [2.45, 2.75) is 19.4 Å². The van der Waals surface area contributed by atoms with Crippen LogP contribution in [-0.4, -0.2) is 23.5 Å². The number of fused-ring (bicyclic) bond motifs is 1. The Morgan fingerprint density at radius 3 is 2.62 bits per heavy atom. The van der Waals surface area contributed by atoms with Gasteiger partial charge in [-0.05, 0) is 30.2 Å². The molecule has 0 aliphatic heterocycles. The highest BCUT2D eigenvalue weighted by Crippen LogP contribution is 2.20. The van der Waals surface area contributed by atoms with E-state index in [2.05, 4.69) is 26.2 Å². The largest absolute Gasteiger partial charge is 0.452 e. The van der Waals surface area contributed by atoms with Crippen molar-refractivity contribution in [3.05, 3.63) is 70.3 Å². The zero-order valence-electron chi connectivity index (χ0n) is 14.3. The Morgan fingerprint density at radius 2 is 1.88 bits per heavy atom. The predicted octanol–water partition coefficient (Wildman–Crippen LogP) is 4.35. The van der Waals surface area contributed by atoms with Crippen molar-refractivity contribution in [3.8, 4) is 0 Å². The number of benzene rings is 2. The number of halogens is 1. The predicted molar refractivity (Wildman–Crippen MR) is 104 cm³/mol. The van der Waals surface area contributed by atoms with E-state index in [0.717, 1.165) is 27.4 Å². The number of carbonyl (C=O) groups excluding carboxylic acids is 2. The zero-order chi connectivity index (χ0) is 18.5. The number of esters is 1. The molecule has 1 atom stereocenters. The number of hydrogen-bond donors (Lipinski definition) is 2. The Morgan fingerprint density at radius 1 is 1.15 bits per heavy atom. The van der Waals surface area contributed by atoms with Crippen LogP contribution in [0, 0.1) is 0 Å². The number of aromatic amines is 1. The normalized spacial score (nSPS) is 11.9. The van der Waals surface area contributed by atoms with Crippen molar-refractivity contribution in [2.75, 3.05) is 6.61 Å². The van der Waals surface area contributed by atoms with Crippen LogP contribution < -0.4 is 5.32 Å². The van der Waals surface area contributed by atoms with Gasteiger partial charge in [-0.1, -0.05) is 53.2 Å². The summed E-state index contributed by atoms with van der Waals surface area (Å²) in [6.07, 6.45) is 2.34. The van der Waals surface area contributed by atoms with Crippen LogP contribution in [0.3, 0.4) is 0 Å². The SMILES string of the molecule is CC[C@H](NC(=O)COC(=O)c1c[nH]c2ccccc12)c1ccc(Br)cc1. The molecule has 0 fully saturated rings. The third-order valence-corrected chi connectivity index (χ3v) is 4.69. The summed E-state index contributed by atoms with van der Waals surface area (Å²) in [4.78, 5) is 27.5. The van der Waals surface area contributed by atoms with E-state index in [1.807, 2.05) is 55.5 Å². The average Bonchev–Trinajstić information content (AvgIpc) is 3.09. The lowest BCUT2D eigenvalue weighted by Gasteiger charge is -2.17. The molecule has 0 spiro atoms. The van der Waals surface area contributed by atoms with Crippen LogP contribution in [0.4, 0.5) is 0 Å². The Labute approximate surface area is 159 Å². The monoisotopic (exact) mass is 414 g/mol. The van der Waals surface area contributed by atoms with E-state index in [1.165, 1.54) is 0 Å². The molecule has 134 valence electrons. The smallest absolute Gasteiger partial charge is 0.340 e. The topological polar surface area (TPSA) is 71.2 Å². The van der Waals surface area contributed by atoms with Gasteiger partial charge < -0.3 is 15.0 Å². The molecule has 26 heavy (non-hydrogen) atoms. The molecule has 0 aliphatic carbocycles. The lowest BCUT2D eigenvalue weighted by molar-refractivity contribution is -0.125. The quantitative estimate of drug-likeness (QED) is 0.588. The van der Waals surface area contributed by atoms with E-state index in [4.69, 9.17) is 4.74 Å². The average molecular weight is 415 g/mol. The molecule has 1 amide bonds. The summed E-state index contributed by atoms with van der Waals surface area (Å²) in [6.45, 7) is 1.68. The van der Waals surface area contributed by atoms with Gasteiger partial charge in [0.05, 0.1) is 11.6 Å². The summed E-state index contributed by atoms with van der Waals surface area (Å²) in [7, 11) is 0. The second-order valence-electron chi connectivity index (χ2n) is 5.90. The van der Waals surface area contributed by atoms with Gasteiger partial charge in [-0.25, -0.2) is 4.79 Å². The fourth-order valence-electron chi connectivity index (χ4n) is 2.80. The standard InChI is InChI=1S/C20H19BrN2O3/c1-2-17(13-7-9-14(21)10-8-13)23-19(24)12-26-20(25)16-11-22-18-6-4-3-5-15(16)18/h3-11,17,22H,2,12H2,1H3,(H,23,24)/t17-/m0/s1. The maximum absolute atomic E-state index is 12.3. The number of ether oxygens (including phenoxy) is 1. The number of amides is 1. The van der Waals surface area contributed by atoms with Gasteiger partial charge in [0, 0.05) is 21.6 Å². The second-order valence-corrected chi connectivity index (χ2v) is 6.82. The van der Waals surface area contributed by atoms with Crippen LogP contribution in [0.5, 0.6) is 0 Å². The molecule has 2 aromatic carbocycles. The third kappa shape index (κ3) is 4.14. The zero-order valence-corrected chi connectivity index (χ0v) is 15.9. The summed E-state index contributed by atoms with van der Waals surface area (Å²) in [5.41, 5.74) is 2.28. The Hall–Kier alpha value is -2.60. The molecule has 3 rings (SSSR count). The Kier molecular flexibility index (Phi) is 5.73. The lowest BCUT2D eigenvalue weighted by Crippen LogP contribution is -2.32. The van der Waals surface area contributed by atoms with Crippen molar-refractivity contribution >= 4 is 38.7 Å². The number of hydrogen-bond acceptors (Lipinski definition) is 3. The molecule has 1 heterocycles. The van der Waals surface area contributed by atoms with Crippen LogP contribution in [0.2, 0.25) is 0 Å². The molecule has 1 aromatic heterocycles. The molecule has 0 unspecified atom stereocenters. The van der Waals surface area contributed by atoms with Gasteiger partial charge in [-0.15, -0.1) is 0 Å². The van der Waals surface area contributed by atoms with Crippen LogP contribution in [0.1, 0.15) is 35.3 Å². The molecule has 5 nitrogen and oxygen atoms in total. The molecule has 0 saturated carbocycles. The van der Waals surface area contributed by atoms with Crippen LogP contribution in [-0.2, 0) is 9.53 Å². The summed E-state index contributed by atoms with van der Waals surface area (Å²) in [5.74, 6) is -0.845. The Bertz CT molecular complexity index is 918. The van der Waals surface area contributed by atoms with Crippen LogP contribution in [0.25, 0.3) is 10.9 Å². The highest BCUT2D eigenvalue weighted by molar-refractivity contribution is 9.10. The van der Waals surface area contributed by atoms with E-state index in [0.29, 0.717) is 5.56 Å². The summed E-state index contributed by atoms with van der Waals surface area (Å²) in [6, 6.07) is 15.1. The van der Waals surface area contributed by atoms with Gasteiger partial charge in [0.1, 0.15) is 0 Å². The first-order valence-corrected chi connectivity index (χ1v) is 9.16. The number of H-pyrrole nitrogens is 1. The molecule has 0 bridgehead atoms. The number of aromatic nitrogens is 1. The van der Waals surface area contributed by atoms with E-state index >= 15 is 0 Å². The first-order chi connectivity index (χ1) is 12.6. The van der Waals surface area contributed by atoms with Gasteiger partial charge in [0.15, 0.2) is 6.61 Å². The van der Waals surface area contributed by atoms with Gasteiger partial charge >= 0.3 is 5.97 Å². The first kappa shape index (κ1) is 18.2. The van der Waals surface area contributed by atoms with Gasteiger partial charge in [0.2, 0.25) is 0 Å². The molecule has 0 aliphatic rings. The van der Waals surface area contributed by atoms with Crippen molar-refractivity contribution in [1.82, 2.24) is 10.3 Å². The van der Waals surface area contributed by atoms with Gasteiger partial charge in [0.25, 0.3) is 5.91 Å². The number of carbonyl (C=O) groups is 2. The first-order valence-electron chi connectivity index (χ1n) is 8.36.